The van der Waals surface area contributed by atoms with Crippen LogP contribution in [0.5, 0.6) is 0 Å². The summed E-state index contributed by atoms with van der Waals surface area (Å²) in [4.78, 5) is 17.5. The van der Waals surface area contributed by atoms with E-state index >= 15 is 0 Å². The number of hydrogen-bond donors (Lipinski definition) is 1. The Morgan fingerprint density at radius 2 is 2.00 bits per heavy atom. The molecule has 1 amide bonds. The second kappa shape index (κ2) is 5.90. The lowest BCUT2D eigenvalue weighted by Crippen LogP contribution is -2.13. The predicted octanol–water partition coefficient (Wildman–Crippen LogP) is 4.95. The number of amides is 1. The van der Waals surface area contributed by atoms with Gasteiger partial charge in [-0.05, 0) is 41.8 Å². The lowest BCUT2D eigenvalue weighted by atomic mass is 10.2. The van der Waals surface area contributed by atoms with E-state index in [1.54, 1.807) is 30.3 Å². The van der Waals surface area contributed by atoms with Crippen LogP contribution in [0.3, 0.4) is 0 Å². The number of carbonyl (C=O) groups is 1. The highest BCUT2D eigenvalue weighted by atomic mass is 32.1. The zero-order valence-electron chi connectivity index (χ0n) is 12.3. The Bertz CT molecular complexity index is 1020. The smallest absolute Gasteiger partial charge is 0.258 e. The number of carbonyl (C=O) groups excluding carboxylic acids is 1. The summed E-state index contributed by atoms with van der Waals surface area (Å²) in [6.45, 7) is 0. The predicted molar refractivity (Wildman–Crippen MR) is 91.7 cm³/mol. The van der Waals surface area contributed by atoms with Gasteiger partial charge in [0.25, 0.3) is 5.91 Å². The van der Waals surface area contributed by atoms with Crippen LogP contribution in [0.25, 0.3) is 21.9 Å². The SMILES string of the molecule is O=C(Nc1ccc2oc(-c3cccs3)nc2c1)c1ccccc1F. The minimum Gasteiger partial charge on any atom is -0.435 e. The summed E-state index contributed by atoms with van der Waals surface area (Å²) >= 11 is 1.54. The van der Waals surface area contributed by atoms with Crippen molar-refractivity contribution in [3.05, 3.63) is 71.4 Å². The number of halogens is 1. The Morgan fingerprint density at radius 3 is 2.79 bits per heavy atom. The average molecular weight is 338 g/mol. The van der Waals surface area contributed by atoms with E-state index in [2.05, 4.69) is 10.3 Å². The monoisotopic (exact) mass is 338 g/mol. The molecule has 0 unspecified atom stereocenters. The Hall–Kier alpha value is -2.99. The molecule has 0 aliphatic rings. The molecule has 2 heterocycles. The zero-order valence-corrected chi connectivity index (χ0v) is 13.1. The van der Waals surface area contributed by atoms with E-state index in [9.17, 15) is 9.18 Å². The van der Waals surface area contributed by atoms with Gasteiger partial charge in [0.1, 0.15) is 11.3 Å². The highest BCUT2D eigenvalue weighted by Gasteiger charge is 2.13. The lowest BCUT2D eigenvalue weighted by Gasteiger charge is -2.05. The third-order valence-electron chi connectivity index (χ3n) is 3.50. The molecule has 6 heteroatoms. The molecule has 0 aliphatic carbocycles. The molecule has 0 spiro atoms. The molecular weight excluding hydrogens is 327 g/mol. The molecular formula is C18H11FN2O2S. The summed E-state index contributed by atoms with van der Waals surface area (Å²) in [5, 5.41) is 4.63. The van der Waals surface area contributed by atoms with Gasteiger partial charge in [-0.3, -0.25) is 4.79 Å². The van der Waals surface area contributed by atoms with Crippen LogP contribution in [0, 0.1) is 5.82 Å². The molecule has 24 heavy (non-hydrogen) atoms. The first-order chi connectivity index (χ1) is 11.7. The van der Waals surface area contributed by atoms with Crippen molar-refractivity contribution in [2.75, 3.05) is 5.32 Å². The summed E-state index contributed by atoms with van der Waals surface area (Å²) in [6.07, 6.45) is 0. The molecule has 0 saturated heterocycles. The molecule has 2 aromatic heterocycles. The van der Waals surface area contributed by atoms with Crippen LogP contribution < -0.4 is 5.32 Å². The van der Waals surface area contributed by atoms with Gasteiger partial charge in [0, 0.05) is 5.69 Å². The first kappa shape index (κ1) is 14.6. The number of aromatic nitrogens is 1. The van der Waals surface area contributed by atoms with E-state index < -0.39 is 11.7 Å². The van der Waals surface area contributed by atoms with Crippen molar-refractivity contribution >= 4 is 34.0 Å². The highest BCUT2D eigenvalue weighted by Crippen LogP contribution is 2.29. The van der Waals surface area contributed by atoms with Crippen molar-refractivity contribution in [3.63, 3.8) is 0 Å². The highest BCUT2D eigenvalue weighted by molar-refractivity contribution is 7.13. The fourth-order valence-electron chi connectivity index (χ4n) is 2.35. The summed E-state index contributed by atoms with van der Waals surface area (Å²) in [5.41, 5.74) is 1.78. The van der Waals surface area contributed by atoms with Crippen LogP contribution in [-0.2, 0) is 0 Å². The van der Waals surface area contributed by atoms with Crippen molar-refractivity contribution in [3.8, 4) is 10.8 Å². The molecule has 0 atom stereocenters. The summed E-state index contributed by atoms with van der Waals surface area (Å²) < 4.78 is 19.4. The maximum Gasteiger partial charge on any atom is 0.258 e. The quantitative estimate of drug-likeness (QED) is 0.575. The van der Waals surface area contributed by atoms with E-state index in [1.807, 2.05) is 17.5 Å². The van der Waals surface area contributed by atoms with Crippen molar-refractivity contribution in [2.24, 2.45) is 0 Å². The molecule has 1 N–H and O–H groups in total. The molecule has 0 bridgehead atoms. The Kier molecular flexibility index (Phi) is 3.59. The van der Waals surface area contributed by atoms with Gasteiger partial charge >= 0.3 is 0 Å². The van der Waals surface area contributed by atoms with Crippen molar-refractivity contribution in [1.29, 1.82) is 0 Å². The van der Waals surface area contributed by atoms with Crippen LogP contribution in [0.4, 0.5) is 10.1 Å². The number of nitrogens with one attached hydrogen (secondary N) is 1. The van der Waals surface area contributed by atoms with Gasteiger partial charge in [-0.1, -0.05) is 18.2 Å². The second-order valence-electron chi connectivity index (χ2n) is 5.11. The summed E-state index contributed by atoms with van der Waals surface area (Å²) in [5.74, 6) is -0.524. The molecule has 4 aromatic rings. The molecule has 0 fully saturated rings. The number of nitrogens with zero attached hydrogens (tertiary/aromatic N) is 1. The number of thiophene rings is 1. The number of oxazole rings is 1. The molecule has 0 radical (unpaired) electrons. The van der Waals surface area contributed by atoms with E-state index in [-0.39, 0.29) is 5.56 Å². The van der Waals surface area contributed by atoms with Crippen molar-refractivity contribution in [2.45, 2.75) is 0 Å². The first-order valence-electron chi connectivity index (χ1n) is 7.21. The van der Waals surface area contributed by atoms with Crippen LogP contribution in [0.15, 0.2) is 64.4 Å². The zero-order chi connectivity index (χ0) is 16.5. The second-order valence-corrected chi connectivity index (χ2v) is 6.06. The van der Waals surface area contributed by atoms with Gasteiger partial charge < -0.3 is 9.73 Å². The van der Waals surface area contributed by atoms with E-state index in [0.29, 0.717) is 22.7 Å². The Morgan fingerprint density at radius 1 is 1.12 bits per heavy atom. The number of rotatable bonds is 3. The fraction of sp³-hybridized carbons (Fsp3) is 0. The first-order valence-corrected chi connectivity index (χ1v) is 8.09. The van der Waals surface area contributed by atoms with E-state index in [0.717, 1.165) is 4.88 Å². The van der Waals surface area contributed by atoms with Gasteiger partial charge in [-0.25, -0.2) is 9.37 Å². The Balaban J connectivity index is 1.63. The normalized spacial score (nSPS) is 10.9. The fourth-order valence-corrected chi connectivity index (χ4v) is 3.00. The third kappa shape index (κ3) is 2.68. The average Bonchev–Trinajstić information content (AvgIpc) is 3.24. The van der Waals surface area contributed by atoms with Gasteiger partial charge in [0.2, 0.25) is 5.89 Å². The molecule has 4 rings (SSSR count). The number of anilines is 1. The van der Waals surface area contributed by atoms with Crippen LogP contribution >= 0.6 is 11.3 Å². The molecule has 0 aliphatic heterocycles. The van der Waals surface area contributed by atoms with Crippen molar-refractivity contribution < 1.29 is 13.6 Å². The van der Waals surface area contributed by atoms with E-state index in [4.69, 9.17) is 4.42 Å². The van der Waals surface area contributed by atoms with Crippen LogP contribution in [0.1, 0.15) is 10.4 Å². The number of benzene rings is 2. The van der Waals surface area contributed by atoms with Gasteiger partial charge in [-0.15, -0.1) is 11.3 Å². The summed E-state index contributed by atoms with van der Waals surface area (Å²) in [6, 6.07) is 14.8. The Labute approximate surface area is 140 Å². The molecule has 0 saturated carbocycles. The van der Waals surface area contributed by atoms with Gasteiger partial charge in [0.15, 0.2) is 5.58 Å². The minimum absolute atomic E-state index is 0.00276. The van der Waals surface area contributed by atoms with Gasteiger partial charge in [0.05, 0.1) is 10.4 Å². The molecule has 2 aromatic carbocycles. The largest absolute Gasteiger partial charge is 0.435 e. The van der Waals surface area contributed by atoms with E-state index in [1.165, 1.54) is 23.5 Å². The van der Waals surface area contributed by atoms with Gasteiger partial charge in [-0.2, -0.15) is 0 Å². The summed E-state index contributed by atoms with van der Waals surface area (Å²) in [7, 11) is 0. The van der Waals surface area contributed by atoms with Crippen LogP contribution in [0.2, 0.25) is 0 Å². The number of hydrogen-bond acceptors (Lipinski definition) is 4. The third-order valence-corrected chi connectivity index (χ3v) is 4.35. The van der Waals surface area contributed by atoms with Crippen molar-refractivity contribution in [1.82, 2.24) is 4.98 Å². The molecule has 118 valence electrons. The maximum atomic E-state index is 13.7. The topological polar surface area (TPSA) is 55.1 Å². The lowest BCUT2D eigenvalue weighted by molar-refractivity contribution is 0.102. The van der Waals surface area contributed by atoms with Crippen LogP contribution in [-0.4, -0.2) is 10.9 Å². The maximum absolute atomic E-state index is 13.7. The minimum atomic E-state index is -0.558. The molecule has 4 nitrogen and oxygen atoms in total. The standard InChI is InChI=1S/C18H11FN2O2S/c19-13-5-2-1-4-12(13)17(22)20-11-7-8-15-14(10-11)21-18(23-15)16-6-3-9-24-16/h1-10H,(H,20,22). The number of fused-ring (bicyclic) bond motifs is 1.